The molecule has 0 aromatic heterocycles. The third-order valence-corrected chi connectivity index (χ3v) is 4.10. The first-order valence-electron chi connectivity index (χ1n) is 9.21. The molecule has 1 fully saturated rings. The van der Waals surface area contributed by atoms with Crippen molar-refractivity contribution >= 4 is 11.9 Å². The number of carbonyl (C=O) groups is 1. The molecule has 0 aliphatic heterocycles. The predicted octanol–water partition coefficient (Wildman–Crippen LogP) is 1.88. The maximum atomic E-state index is 13.6. The van der Waals surface area contributed by atoms with E-state index in [0.717, 1.165) is 31.6 Å². The Morgan fingerprint density at radius 1 is 1.35 bits per heavy atom. The third-order valence-electron chi connectivity index (χ3n) is 4.10. The average molecular weight is 364 g/mol. The highest BCUT2D eigenvalue weighted by Gasteiger charge is 2.21. The van der Waals surface area contributed by atoms with Gasteiger partial charge in [0.05, 0.1) is 18.7 Å². The third kappa shape index (κ3) is 7.00. The Kier molecular flexibility index (Phi) is 8.34. The van der Waals surface area contributed by atoms with E-state index in [0.29, 0.717) is 19.7 Å². The monoisotopic (exact) mass is 364 g/mol. The lowest BCUT2D eigenvalue weighted by molar-refractivity contribution is 0.0951. The van der Waals surface area contributed by atoms with Gasteiger partial charge >= 0.3 is 0 Å². The molecule has 1 saturated carbocycles. The van der Waals surface area contributed by atoms with Crippen molar-refractivity contribution in [1.82, 2.24) is 15.5 Å². The van der Waals surface area contributed by atoms with Gasteiger partial charge < -0.3 is 20.3 Å². The van der Waals surface area contributed by atoms with Crippen LogP contribution in [-0.4, -0.2) is 63.2 Å². The lowest BCUT2D eigenvalue weighted by atomic mass is 10.2. The summed E-state index contributed by atoms with van der Waals surface area (Å²) >= 11 is 0. The second-order valence-electron chi connectivity index (χ2n) is 6.41. The van der Waals surface area contributed by atoms with Crippen molar-refractivity contribution in [3.63, 3.8) is 0 Å². The first-order valence-corrected chi connectivity index (χ1v) is 9.21. The molecule has 0 unspecified atom stereocenters. The number of benzene rings is 1. The zero-order chi connectivity index (χ0) is 18.8. The summed E-state index contributed by atoms with van der Waals surface area (Å²) in [4.78, 5) is 18.5. The molecule has 1 aliphatic carbocycles. The minimum Gasteiger partial charge on any atom is -0.379 e. The highest BCUT2D eigenvalue weighted by Crippen LogP contribution is 2.28. The molecule has 6 nitrogen and oxygen atoms in total. The molecule has 0 atom stereocenters. The molecule has 0 spiro atoms. The van der Waals surface area contributed by atoms with Crippen molar-refractivity contribution in [2.75, 3.05) is 46.4 Å². The van der Waals surface area contributed by atoms with E-state index in [-0.39, 0.29) is 5.56 Å². The lowest BCUT2D eigenvalue weighted by Crippen LogP contribution is -2.41. The Balaban J connectivity index is 1.72. The molecule has 1 aromatic carbocycles. The van der Waals surface area contributed by atoms with Crippen LogP contribution in [0.25, 0.3) is 0 Å². The quantitative estimate of drug-likeness (QED) is 0.378. The van der Waals surface area contributed by atoms with Crippen LogP contribution >= 0.6 is 0 Å². The summed E-state index contributed by atoms with van der Waals surface area (Å²) < 4.78 is 19.2. The lowest BCUT2D eigenvalue weighted by Gasteiger charge is -2.22. The van der Waals surface area contributed by atoms with Crippen molar-refractivity contribution in [2.45, 2.75) is 19.8 Å². The Morgan fingerprint density at radius 2 is 2.12 bits per heavy atom. The Hall–Kier alpha value is -2.15. The van der Waals surface area contributed by atoms with Gasteiger partial charge in [-0.2, -0.15) is 0 Å². The van der Waals surface area contributed by atoms with Gasteiger partial charge in [-0.3, -0.25) is 9.79 Å². The fraction of sp³-hybridized carbons (Fsp3) is 0.579. The number of rotatable bonds is 10. The normalized spacial score (nSPS) is 14.2. The fourth-order valence-electron chi connectivity index (χ4n) is 2.38. The molecule has 0 saturated heterocycles. The van der Waals surface area contributed by atoms with Gasteiger partial charge in [-0.25, -0.2) is 4.39 Å². The molecule has 1 aliphatic rings. The van der Waals surface area contributed by atoms with E-state index < -0.39 is 11.7 Å². The van der Waals surface area contributed by atoms with E-state index in [1.807, 2.05) is 18.9 Å². The van der Waals surface area contributed by atoms with Gasteiger partial charge in [0.15, 0.2) is 5.96 Å². The van der Waals surface area contributed by atoms with Crippen LogP contribution < -0.4 is 10.6 Å². The number of hydrogen-bond donors (Lipinski definition) is 2. The predicted molar refractivity (Wildman–Crippen MR) is 101 cm³/mol. The number of halogens is 1. The number of nitrogens with zero attached hydrogens (tertiary/aromatic N) is 2. The molecular formula is C19H29FN4O2. The highest BCUT2D eigenvalue weighted by atomic mass is 19.1. The largest absolute Gasteiger partial charge is 0.379 e. The van der Waals surface area contributed by atoms with Gasteiger partial charge in [-0.1, -0.05) is 12.1 Å². The topological polar surface area (TPSA) is 66.0 Å². The van der Waals surface area contributed by atoms with Crippen molar-refractivity contribution in [2.24, 2.45) is 10.9 Å². The van der Waals surface area contributed by atoms with E-state index in [2.05, 4.69) is 15.6 Å². The van der Waals surface area contributed by atoms with Gasteiger partial charge in [0.1, 0.15) is 5.82 Å². The van der Waals surface area contributed by atoms with Gasteiger partial charge in [-0.15, -0.1) is 0 Å². The molecule has 0 radical (unpaired) electrons. The van der Waals surface area contributed by atoms with Crippen molar-refractivity contribution < 1.29 is 13.9 Å². The van der Waals surface area contributed by atoms with E-state index in [4.69, 9.17) is 4.74 Å². The minimum atomic E-state index is -0.521. The molecule has 1 amide bonds. The Bertz CT molecular complexity index is 605. The zero-order valence-electron chi connectivity index (χ0n) is 15.6. The van der Waals surface area contributed by atoms with Gasteiger partial charge in [0, 0.05) is 33.3 Å². The van der Waals surface area contributed by atoms with Crippen LogP contribution in [0.2, 0.25) is 0 Å². The number of guanidine groups is 1. The van der Waals surface area contributed by atoms with Crippen LogP contribution in [0.1, 0.15) is 30.1 Å². The first kappa shape index (κ1) is 20.2. The van der Waals surface area contributed by atoms with E-state index >= 15 is 0 Å². The highest BCUT2D eigenvalue weighted by molar-refractivity contribution is 5.94. The summed E-state index contributed by atoms with van der Waals surface area (Å²) in [5, 5.41) is 5.91. The van der Waals surface area contributed by atoms with E-state index in [1.165, 1.54) is 25.0 Å². The van der Waals surface area contributed by atoms with Gasteiger partial charge in [0.2, 0.25) is 0 Å². The smallest absolute Gasteiger partial charge is 0.254 e. The molecule has 7 heteroatoms. The second-order valence-corrected chi connectivity index (χ2v) is 6.41. The van der Waals surface area contributed by atoms with Crippen molar-refractivity contribution in [1.29, 1.82) is 0 Å². The van der Waals surface area contributed by atoms with Crippen molar-refractivity contribution in [3.05, 3.63) is 35.6 Å². The number of aliphatic imine (C=N–C) groups is 1. The number of carbonyl (C=O) groups excluding carboxylic acids is 1. The standard InChI is InChI=1S/C19H29FN4O2/c1-3-21-19(24(2)12-13-26-14-15-8-9-15)23-11-10-22-18(25)16-6-4-5-7-17(16)20/h4-7,15H,3,8-14H2,1-2H3,(H,21,23)(H,22,25). The summed E-state index contributed by atoms with van der Waals surface area (Å²) in [6.07, 6.45) is 2.58. The molecule has 144 valence electrons. The van der Waals surface area contributed by atoms with Gasteiger partial charge in [0.25, 0.3) is 5.91 Å². The van der Waals surface area contributed by atoms with Crippen LogP contribution in [0, 0.1) is 11.7 Å². The van der Waals surface area contributed by atoms with E-state index in [9.17, 15) is 9.18 Å². The Morgan fingerprint density at radius 3 is 2.81 bits per heavy atom. The molecular weight excluding hydrogens is 335 g/mol. The molecule has 0 heterocycles. The number of ether oxygens (including phenoxy) is 1. The minimum absolute atomic E-state index is 0.0494. The Labute approximate surface area is 154 Å². The number of amides is 1. The van der Waals surface area contributed by atoms with E-state index in [1.54, 1.807) is 12.1 Å². The summed E-state index contributed by atoms with van der Waals surface area (Å²) in [6.45, 7) is 5.79. The maximum absolute atomic E-state index is 13.6. The van der Waals surface area contributed by atoms with Crippen LogP contribution in [0.3, 0.4) is 0 Å². The molecule has 2 rings (SSSR count). The SMILES string of the molecule is CCNC(=NCCNC(=O)c1ccccc1F)N(C)CCOCC1CC1. The number of hydrogen-bond acceptors (Lipinski definition) is 3. The summed E-state index contributed by atoms with van der Waals surface area (Å²) in [5.41, 5.74) is 0.0494. The van der Waals surface area contributed by atoms with Crippen LogP contribution in [-0.2, 0) is 4.74 Å². The van der Waals surface area contributed by atoms with Crippen LogP contribution in [0.4, 0.5) is 4.39 Å². The van der Waals surface area contributed by atoms with Crippen molar-refractivity contribution in [3.8, 4) is 0 Å². The zero-order valence-corrected chi connectivity index (χ0v) is 15.6. The second kappa shape index (κ2) is 10.8. The summed E-state index contributed by atoms with van der Waals surface area (Å²) in [5.74, 6) is 0.584. The number of likely N-dealkylation sites (N-methyl/N-ethyl adjacent to an activating group) is 1. The van der Waals surface area contributed by atoms with Crippen LogP contribution in [0.15, 0.2) is 29.3 Å². The molecule has 1 aromatic rings. The molecule has 2 N–H and O–H groups in total. The van der Waals surface area contributed by atoms with Gasteiger partial charge in [-0.05, 0) is 37.8 Å². The number of nitrogens with one attached hydrogen (secondary N) is 2. The average Bonchev–Trinajstić information content (AvgIpc) is 3.45. The fourth-order valence-corrected chi connectivity index (χ4v) is 2.38. The molecule has 0 bridgehead atoms. The van der Waals surface area contributed by atoms with Crippen LogP contribution in [0.5, 0.6) is 0 Å². The first-order chi connectivity index (χ1) is 12.6. The summed E-state index contributed by atoms with van der Waals surface area (Å²) in [7, 11) is 1.96. The molecule has 26 heavy (non-hydrogen) atoms. The maximum Gasteiger partial charge on any atom is 0.254 e. The summed E-state index contributed by atoms with van der Waals surface area (Å²) in [6, 6.07) is 5.94.